The van der Waals surface area contributed by atoms with Crippen LogP contribution in [0.25, 0.3) is 0 Å². The van der Waals surface area contributed by atoms with E-state index in [1.165, 1.54) is 6.42 Å². The second kappa shape index (κ2) is 7.42. The SMILES string of the molecule is Nc1ccccc1NC(=O)c1ccc(C#CC2(O)CCCCC2)cc1. The van der Waals surface area contributed by atoms with Crippen LogP contribution in [-0.2, 0) is 0 Å². The summed E-state index contributed by atoms with van der Waals surface area (Å²) in [6.07, 6.45) is 4.68. The number of carbonyl (C=O) groups excluding carboxylic acids is 1. The van der Waals surface area contributed by atoms with E-state index < -0.39 is 5.60 Å². The van der Waals surface area contributed by atoms with Crippen molar-refractivity contribution in [3.05, 3.63) is 59.7 Å². The molecular weight excluding hydrogens is 312 g/mol. The summed E-state index contributed by atoms with van der Waals surface area (Å²) >= 11 is 0. The Bertz CT molecular complexity index is 810. The van der Waals surface area contributed by atoms with Crippen molar-refractivity contribution in [2.24, 2.45) is 0 Å². The number of nitrogens with one attached hydrogen (secondary N) is 1. The standard InChI is InChI=1S/C21H22N2O2/c22-18-6-2-3-7-19(18)23-20(24)17-10-8-16(9-11-17)12-15-21(25)13-4-1-5-14-21/h2-3,6-11,25H,1,4-5,13-14,22H2,(H,23,24). The van der Waals surface area contributed by atoms with E-state index in [4.69, 9.17) is 5.73 Å². The minimum atomic E-state index is -0.862. The van der Waals surface area contributed by atoms with Crippen LogP contribution in [0.1, 0.15) is 48.0 Å². The monoisotopic (exact) mass is 334 g/mol. The van der Waals surface area contributed by atoms with Crippen molar-refractivity contribution in [1.82, 2.24) is 0 Å². The number of amides is 1. The highest BCUT2D eigenvalue weighted by molar-refractivity contribution is 6.05. The van der Waals surface area contributed by atoms with Crippen molar-refractivity contribution in [2.45, 2.75) is 37.7 Å². The molecule has 3 rings (SSSR count). The van der Waals surface area contributed by atoms with Gasteiger partial charge in [0.05, 0.1) is 11.4 Å². The van der Waals surface area contributed by atoms with Crippen molar-refractivity contribution >= 4 is 17.3 Å². The lowest BCUT2D eigenvalue weighted by atomic mass is 9.85. The quantitative estimate of drug-likeness (QED) is 0.580. The van der Waals surface area contributed by atoms with Gasteiger partial charge in [0.15, 0.2) is 0 Å². The molecule has 0 unspecified atom stereocenters. The molecule has 4 N–H and O–H groups in total. The fourth-order valence-corrected chi connectivity index (χ4v) is 2.96. The number of rotatable bonds is 2. The Hall–Kier alpha value is -2.77. The molecule has 2 aromatic rings. The number of hydrogen-bond acceptors (Lipinski definition) is 3. The van der Waals surface area contributed by atoms with Gasteiger partial charge >= 0.3 is 0 Å². The van der Waals surface area contributed by atoms with E-state index in [0.29, 0.717) is 16.9 Å². The maximum Gasteiger partial charge on any atom is 0.255 e. The van der Waals surface area contributed by atoms with Crippen LogP contribution in [-0.4, -0.2) is 16.6 Å². The molecule has 128 valence electrons. The third-order valence-corrected chi connectivity index (χ3v) is 4.48. The summed E-state index contributed by atoms with van der Waals surface area (Å²) in [5, 5.41) is 13.2. The van der Waals surface area contributed by atoms with Gasteiger partial charge in [0.2, 0.25) is 0 Å². The first-order valence-corrected chi connectivity index (χ1v) is 8.57. The molecule has 1 aliphatic rings. The van der Waals surface area contributed by atoms with Gasteiger partial charge in [-0.15, -0.1) is 0 Å². The average Bonchev–Trinajstić information content (AvgIpc) is 2.63. The molecule has 0 radical (unpaired) electrons. The summed E-state index contributed by atoms with van der Waals surface area (Å²) < 4.78 is 0. The number of hydrogen-bond donors (Lipinski definition) is 3. The third kappa shape index (κ3) is 4.40. The zero-order valence-electron chi connectivity index (χ0n) is 14.1. The lowest BCUT2D eigenvalue weighted by Gasteiger charge is -2.26. The van der Waals surface area contributed by atoms with E-state index in [2.05, 4.69) is 17.2 Å². The minimum absolute atomic E-state index is 0.219. The van der Waals surface area contributed by atoms with E-state index in [1.807, 2.05) is 12.1 Å². The highest BCUT2D eigenvalue weighted by Gasteiger charge is 2.26. The molecule has 0 bridgehead atoms. The van der Waals surface area contributed by atoms with Gasteiger partial charge in [-0.05, 0) is 62.1 Å². The molecule has 1 aliphatic carbocycles. The highest BCUT2D eigenvalue weighted by Crippen LogP contribution is 2.27. The summed E-state index contributed by atoms with van der Waals surface area (Å²) in [5.74, 6) is 5.81. The van der Waals surface area contributed by atoms with Crippen LogP contribution in [0.5, 0.6) is 0 Å². The van der Waals surface area contributed by atoms with Gasteiger partial charge in [0.1, 0.15) is 5.60 Å². The van der Waals surface area contributed by atoms with Crippen molar-refractivity contribution in [3.63, 3.8) is 0 Å². The van der Waals surface area contributed by atoms with Crippen molar-refractivity contribution in [1.29, 1.82) is 0 Å². The van der Waals surface area contributed by atoms with Crippen molar-refractivity contribution in [2.75, 3.05) is 11.1 Å². The van der Waals surface area contributed by atoms with Gasteiger partial charge in [-0.2, -0.15) is 0 Å². The van der Waals surface area contributed by atoms with Crippen LogP contribution in [0.4, 0.5) is 11.4 Å². The molecule has 4 nitrogen and oxygen atoms in total. The predicted molar refractivity (Wildman–Crippen MR) is 100 cm³/mol. The Morgan fingerprint density at radius 3 is 2.40 bits per heavy atom. The van der Waals surface area contributed by atoms with Crippen LogP contribution < -0.4 is 11.1 Å². The number of anilines is 2. The molecule has 0 saturated heterocycles. The molecule has 25 heavy (non-hydrogen) atoms. The highest BCUT2D eigenvalue weighted by atomic mass is 16.3. The van der Waals surface area contributed by atoms with Crippen LogP contribution in [0.2, 0.25) is 0 Å². The Morgan fingerprint density at radius 2 is 1.72 bits per heavy atom. The predicted octanol–water partition coefficient (Wildman–Crippen LogP) is 3.57. The molecule has 1 fully saturated rings. The number of carbonyl (C=O) groups is 1. The van der Waals surface area contributed by atoms with Gasteiger partial charge < -0.3 is 16.2 Å². The lowest BCUT2D eigenvalue weighted by molar-refractivity contribution is 0.0610. The largest absolute Gasteiger partial charge is 0.397 e. The number of nitrogens with two attached hydrogens (primary N) is 1. The zero-order chi connectivity index (χ0) is 17.7. The molecule has 0 spiro atoms. The normalized spacial score (nSPS) is 15.7. The van der Waals surface area contributed by atoms with Crippen LogP contribution in [0, 0.1) is 11.8 Å². The number of benzene rings is 2. The molecule has 1 amide bonds. The molecule has 4 heteroatoms. The molecule has 1 saturated carbocycles. The van der Waals surface area contributed by atoms with Crippen LogP contribution >= 0.6 is 0 Å². The summed E-state index contributed by atoms with van der Waals surface area (Å²) in [6, 6.07) is 14.2. The van der Waals surface area contributed by atoms with E-state index >= 15 is 0 Å². The Balaban J connectivity index is 1.68. The molecule has 2 aromatic carbocycles. The molecule has 0 aromatic heterocycles. The van der Waals surface area contributed by atoms with Gasteiger partial charge in [-0.1, -0.05) is 30.4 Å². The number of para-hydroxylation sites is 2. The van der Waals surface area contributed by atoms with Gasteiger partial charge in [0, 0.05) is 11.1 Å². The summed E-state index contributed by atoms with van der Waals surface area (Å²) in [7, 11) is 0. The Morgan fingerprint density at radius 1 is 1.04 bits per heavy atom. The van der Waals surface area contributed by atoms with Crippen molar-refractivity contribution < 1.29 is 9.90 Å². The second-order valence-electron chi connectivity index (χ2n) is 6.46. The van der Waals surface area contributed by atoms with Crippen LogP contribution in [0.15, 0.2) is 48.5 Å². The van der Waals surface area contributed by atoms with Crippen molar-refractivity contribution in [3.8, 4) is 11.8 Å². The summed E-state index contributed by atoms with van der Waals surface area (Å²) in [6.45, 7) is 0. The fraction of sp³-hybridized carbons (Fsp3) is 0.286. The van der Waals surface area contributed by atoms with E-state index in [0.717, 1.165) is 31.2 Å². The lowest BCUT2D eigenvalue weighted by Crippen LogP contribution is -2.29. The third-order valence-electron chi connectivity index (χ3n) is 4.48. The minimum Gasteiger partial charge on any atom is -0.397 e. The van der Waals surface area contributed by atoms with E-state index in [1.54, 1.807) is 36.4 Å². The first kappa shape index (κ1) is 17.1. The Labute approximate surface area is 148 Å². The zero-order valence-corrected chi connectivity index (χ0v) is 14.1. The number of nitrogen functional groups attached to an aromatic ring is 1. The second-order valence-corrected chi connectivity index (χ2v) is 6.46. The Kier molecular flexibility index (Phi) is 5.06. The number of aliphatic hydroxyl groups is 1. The van der Waals surface area contributed by atoms with Gasteiger partial charge in [0.25, 0.3) is 5.91 Å². The van der Waals surface area contributed by atoms with Gasteiger partial charge in [-0.3, -0.25) is 4.79 Å². The van der Waals surface area contributed by atoms with E-state index in [9.17, 15) is 9.90 Å². The fourth-order valence-electron chi connectivity index (χ4n) is 2.96. The molecule has 0 atom stereocenters. The first-order valence-electron chi connectivity index (χ1n) is 8.57. The molecular formula is C21H22N2O2. The molecule has 0 heterocycles. The summed E-state index contributed by atoms with van der Waals surface area (Å²) in [4.78, 5) is 12.3. The maximum atomic E-state index is 12.3. The van der Waals surface area contributed by atoms with Crippen LogP contribution in [0.3, 0.4) is 0 Å². The van der Waals surface area contributed by atoms with Gasteiger partial charge in [-0.25, -0.2) is 0 Å². The summed E-state index contributed by atoms with van der Waals surface area (Å²) in [5.41, 5.74) is 7.41. The molecule has 0 aliphatic heterocycles. The average molecular weight is 334 g/mol. The van der Waals surface area contributed by atoms with E-state index in [-0.39, 0.29) is 5.91 Å². The topological polar surface area (TPSA) is 75.3 Å². The maximum absolute atomic E-state index is 12.3. The first-order chi connectivity index (χ1) is 12.1. The smallest absolute Gasteiger partial charge is 0.255 e.